The van der Waals surface area contributed by atoms with Crippen LogP contribution >= 0.6 is 0 Å². The third-order valence-electron chi connectivity index (χ3n) is 4.14. The summed E-state index contributed by atoms with van der Waals surface area (Å²) in [6.07, 6.45) is 3.32. The van der Waals surface area contributed by atoms with Crippen molar-refractivity contribution in [2.45, 2.75) is 6.54 Å². The molecule has 0 atom stereocenters. The van der Waals surface area contributed by atoms with Crippen LogP contribution in [0.3, 0.4) is 0 Å². The number of nitrogens with zero attached hydrogens (tertiary/aromatic N) is 3. The van der Waals surface area contributed by atoms with Crippen LogP contribution in [0.5, 0.6) is 11.5 Å². The number of pyridine rings is 1. The molecule has 3 rings (SSSR count). The van der Waals surface area contributed by atoms with Crippen molar-refractivity contribution >= 4 is 11.0 Å². The largest absolute Gasteiger partial charge is 0.496 e. The molecule has 0 fully saturated rings. The first kappa shape index (κ1) is 17.0. The number of methoxy groups -OCH3 is 2. The molecule has 0 spiro atoms. The van der Waals surface area contributed by atoms with Gasteiger partial charge in [0.25, 0.3) is 5.56 Å². The molecule has 2 heterocycles. The Labute approximate surface area is 145 Å². The van der Waals surface area contributed by atoms with Crippen molar-refractivity contribution in [3.63, 3.8) is 0 Å². The number of hydrogen-bond acceptors (Lipinski definition) is 5. The van der Waals surface area contributed by atoms with E-state index in [9.17, 15) is 4.79 Å². The maximum atomic E-state index is 12.2. The summed E-state index contributed by atoms with van der Waals surface area (Å²) < 4.78 is 12.7. The lowest BCUT2D eigenvalue weighted by Crippen LogP contribution is -2.16. The van der Waals surface area contributed by atoms with Crippen molar-refractivity contribution in [1.29, 1.82) is 0 Å². The summed E-state index contributed by atoms with van der Waals surface area (Å²) in [6, 6.07) is 3.91. The monoisotopic (exact) mass is 342 g/mol. The predicted molar refractivity (Wildman–Crippen MR) is 97.3 cm³/mol. The highest BCUT2D eigenvalue weighted by Crippen LogP contribution is 2.37. The van der Waals surface area contributed by atoms with E-state index in [0.29, 0.717) is 17.6 Å². The predicted octanol–water partition coefficient (Wildman–Crippen LogP) is 2.01. The smallest absolute Gasteiger partial charge is 0.276 e. The van der Waals surface area contributed by atoms with Crippen molar-refractivity contribution in [2.24, 2.45) is 7.05 Å². The van der Waals surface area contributed by atoms with Crippen LogP contribution in [0.2, 0.25) is 0 Å². The van der Waals surface area contributed by atoms with Crippen LogP contribution in [0.1, 0.15) is 5.56 Å². The lowest BCUT2D eigenvalue weighted by atomic mass is 10.0. The first-order valence-electron chi connectivity index (χ1n) is 7.89. The minimum Gasteiger partial charge on any atom is -0.496 e. The molecule has 1 N–H and O–H groups in total. The first-order valence-corrected chi connectivity index (χ1v) is 7.89. The number of ether oxygens (including phenoxy) is 2. The molecule has 0 amide bonds. The van der Waals surface area contributed by atoms with E-state index in [1.54, 1.807) is 32.0 Å². The summed E-state index contributed by atoms with van der Waals surface area (Å²) in [6.45, 7) is 0.692. The van der Waals surface area contributed by atoms with Gasteiger partial charge in [0.1, 0.15) is 22.5 Å². The Bertz CT molecular complexity index is 947. The van der Waals surface area contributed by atoms with Gasteiger partial charge >= 0.3 is 0 Å². The number of aromatic nitrogens is 3. The number of aryl methyl sites for hydroxylation is 1. The maximum Gasteiger partial charge on any atom is 0.276 e. The molecule has 0 saturated carbocycles. The van der Waals surface area contributed by atoms with Gasteiger partial charge in [-0.2, -0.15) is 0 Å². The Kier molecular flexibility index (Phi) is 4.50. The molecule has 1 aromatic carbocycles. The topological polar surface area (TPSA) is 72.4 Å². The van der Waals surface area contributed by atoms with E-state index in [1.165, 1.54) is 6.33 Å². The van der Waals surface area contributed by atoms with Crippen LogP contribution in [0.4, 0.5) is 0 Å². The van der Waals surface area contributed by atoms with Gasteiger partial charge < -0.3 is 23.9 Å². The molecule has 0 bridgehead atoms. The van der Waals surface area contributed by atoms with Crippen molar-refractivity contribution in [3.05, 3.63) is 40.6 Å². The summed E-state index contributed by atoms with van der Waals surface area (Å²) in [7, 11) is 8.99. The summed E-state index contributed by atoms with van der Waals surface area (Å²) >= 11 is 0. The lowest BCUT2D eigenvalue weighted by Gasteiger charge is -2.18. The molecule has 2 aromatic heterocycles. The van der Waals surface area contributed by atoms with Gasteiger partial charge in [-0.1, -0.05) is 0 Å². The molecule has 7 nitrogen and oxygen atoms in total. The van der Waals surface area contributed by atoms with Gasteiger partial charge in [-0.15, -0.1) is 0 Å². The standard InChI is InChI=1S/C18H22N4O3/c1-21(2)8-13-14(24-4)6-11(7-15(13)25-5)12-9-22(3)18(23)17-16(12)19-10-20-17/h6-7,9-10H,8H2,1-5H3,(H,19,20). The molecule has 0 aliphatic heterocycles. The normalized spacial score (nSPS) is 11.3. The van der Waals surface area contributed by atoms with Crippen molar-refractivity contribution in [3.8, 4) is 22.6 Å². The second kappa shape index (κ2) is 6.60. The lowest BCUT2D eigenvalue weighted by molar-refractivity contribution is 0.349. The number of benzene rings is 1. The summed E-state index contributed by atoms with van der Waals surface area (Å²) in [5.41, 5.74) is 3.69. The fourth-order valence-electron chi connectivity index (χ4n) is 2.97. The third kappa shape index (κ3) is 2.98. The van der Waals surface area contributed by atoms with E-state index in [4.69, 9.17) is 9.47 Å². The minimum absolute atomic E-state index is 0.112. The average molecular weight is 342 g/mol. The SMILES string of the molecule is COc1cc(-c2cn(C)c(=O)c3[nH]cnc23)cc(OC)c1CN(C)C. The summed E-state index contributed by atoms with van der Waals surface area (Å²) in [5.74, 6) is 1.47. The Morgan fingerprint density at radius 2 is 1.84 bits per heavy atom. The van der Waals surface area contributed by atoms with Gasteiger partial charge in [-0.25, -0.2) is 4.98 Å². The molecule has 7 heteroatoms. The molecule has 132 valence electrons. The number of fused-ring (bicyclic) bond motifs is 1. The van der Waals surface area contributed by atoms with Crippen LogP contribution in [0, 0.1) is 0 Å². The zero-order chi connectivity index (χ0) is 18.1. The number of aromatic amines is 1. The fraction of sp³-hybridized carbons (Fsp3) is 0.333. The van der Waals surface area contributed by atoms with Gasteiger partial charge in [0.15, 0.2) is 0 Å². The molecule has 25 heavy (non-hydrogen) atoms. The van der Waals surface area contributed by atoms with Crippen LogP contribution in [0.25, 0.3) is 22.2 Å². The Morgan fingerprint density at radius 3 is 2.40 bits per heavy atom. The van der Waals surface area contributed by atoms with Crippen molar-refractivity contribution in [2.75, 3.05) is 28.3 Å². The third-order valence-corrected chi connectivity index (χ3v) is 4.14. The molecule has 0 saturated heterocycles. The quantitative estimate of drug-likeness (QED) is 0.768. The van der Waals surface area contributed by atoms with E-state index >= 15 is 0 Å². The second-order valence-electron chi connectivity index (χ2n) is 6.18. The number of rotatable bonds is 5. The summed E-state index contributed by atoms with van der Waals surface area (Å²) in [4.78, 5) is 21.5. The number of nitrogens with one attached hydrogen (secondary N) is 1. The van der Waals surface area contributed by atoms with Crippen LogP contribution in [-0.4, -0.2) is 47.7 Å². The minimum atomic E-state index is -0.112. The highest BCUT2D eigenvalue weighted by molar-refractivity contribution is 5.91. The first-order chi connectivity index (χ1) is 12.0. The molecule has 0 radical (unpaired) electrons. The van der Waals surface area contributed by atoms with E-state index in [1.807, 2.05) is 26.2 Å². The molecular formula is C18H22N4O3. The molecule has 3 aromatic rings. The molecule has 0 aliphatic rings. The van der Waals surface area contributed by atoms with Crippen LogP contribution in [0.15, 0.2) is 29.5 Å². The van der Waals surface area contributed by atoms with Gasteiger partial charge in [0.05, 0.1) is 26.1 Å². The van der Waals surface area contributed by atoms with Crippen LogP contribution in [-0.2, 0) is 13.6 Å². The van der Waals surface area contributed by atoms with E-state index in [-0.39, 0.29) is 5.56 Å². The number of H-pyrrole nitrogens is 1. The second-order valence-corrected chi connectivity index (χ2v) is 6.18. The maximum absolute atomic E-state index is 12.2. The Balaban J connectivity index is 2.27. The number of hydrogen-bond donors (Lipinski definition) is 1. The van der Waals surface area contributed by atoms with E-state index in [2.05, 4.69) is 14.9 Å². The zero-order valence-corrected chi connectivity index (χ0v) is 15.1. The van der Waals surface area contributed by atoms with Gasteiger partial charge in [-0.05, 0) is 31.8 Å². The fourth-order valence-corrected chi connectivity index (χ4v) is 2.97. The summed E-state index contributed by atoms with van der Waals surface area (Å²) in [5, 5.41) is 0. The van der Waals surface area contributed by atoms with Gasteiger partial charge in [0.2, 0.25) is 0 Å². The number of imidazole rings is 1. The van der Waals surface area contributed by atoms with Gasteiger partial charge in [0, 0.05) is 25.4 Å². The van der Waals surface area contributed by atoms with E-state index in [0.717, 1.165) is 28.2 Å². The van der Waals surface area contributed by atoms with Crippen LogP contribution < -0.4 is 15.0 Å². The zero-order valence-electron chi connectivity index (χ0n) is 15.1. The Morgan fingerprint density at radius 1 is 1.20 bits per heavy atom. The highest BCUT2D eigenvalue weighted by Gasteiger charge is 2.17. The molecular weight excluding hydrogens is 320 g/mol. The molecule has 0 unspecified atom stereocenters. The molecule has 0 aliphatic carbocycles. The van der Waals surface area contributed by atoms with Crippen molar-refractivity contribution in [1.82, 2.24) is 19.4 Å². The Hall–Kier alpha value is -2.80. The van der Waals surface area contributed by atoms with Gasteiger partial charge in [-0.3, -0.25) is 4.79 Å². The van der Waals surface area contributed by atoms with E-state index < -0.39 is 0 Å². The van der Waals surface area contributed by atoms with Crippen molar-refractivity contribution < 1.29 is 9.47 Å². The average Bonchev–Trinajstić information content (AvgIpc) is 3.07. The highest BCUT2D eigenvalue weighted by atomic mass is 16.5.